The Balaban J connectivity index is 2.15. The quantitative estimate of drug-likeness (QED) is 0.858. The summed E-state index contributed by atoms with van der Waals surface area (Å²) in [6.07, 6.45) is 4.40. The smallest absolute Gasteiger partial charge is 0.246 e. The molecule has 1 saturated heterocycles. The van der Waals surface area contributed by atoms with Crippen LogP contribution in [0.15, 0.2) is 0 Å². The van der Waals surface area contributed by atoms with E-state index in [2.05, 4.69) is 12.2 Å². The zero-order valence-electron chi connectivity index (χ0n) is 13.2. The third kappa shape index (κ3) is 2.84. The molecule has 1 saturated carbocycles. The number of hydrogen-bond donors (Lipinski definition) is 1. The molecule has 2 rings (SSSR count). The van der Waals surface area contributed by atoms with Crippen LogP contribution in [-0.4, -0.2) is 35.3 Å². The third-order valence-electron chi connectivity index (χ3n) is 5.05. The minimum Gasteiger partial charge on any atom is -0.342 e. The van der Waals surface area contributed by atoms with Crippen LogP contribution in [0, 0.1) is 17.8 Å². The van der Waals surface area contributed by atoms with Crippen LogP contribution >= 0.6 is 0 Å². The minimum absolute atomic E-state index is 0.0245. The number of carbonyl (C=O) groups excluding carboxylic acids is 2. The van der Waals surface area contributed by atoms with E-state index in [0.717, 1.165) is 6.54 Å². The van der Waals surface area contributed by atoms with Crippen molar-refractivity contribution >= 4 is 11.8 Å². The molecule has 0 radical (unpaired) electrons. The predicted octanol–water partition coefficient (Wildman–Crippen LogP) is 2.18. The van der Waals surface area contributed by atoms with Crippen LogP contribution in [0.5, 0.6) is 0 Å². The van der Waals surface area contributed by atoms with Gasteiger partial charge in [0.25, 0.3) is 0 Å². The summed E-state index contributed by atoms with van der Waals surface area (Å²) in [4.78, 5) is 26.8. The molecule has 0 spiro atoms. The lowest BCUT2D eigenvalue weighted by Gasteiger charge is -2.41. The highest BCUT2D eigenvalue weighted by molar-refractivity contribution is 5.97. The van der Waals surface area contributed by atoms with Crippen molar-refractivity contribution in [3.63, 3.8) is 0 Å². The molecule has 4 heteroatoms. The number of hydrogen-bond acceptors (Lipinski definition) is 2. The Hall–Kier alpha value is -1.06. The normalized spacial score (nSPS) is 34.8. The SMILES string of the molecule is CCC1C(=O)NC(C(C)C)C(=O)N1CC1CCCC1C. The third-order valence-corrected chi connectivity index (χ3v) is 5.05. The first kappa shape index (κ1) is 15.3. The first-order valence-corrected chi connectivity index (χ1v) is 8.06. The lowest BCUT2D eigenvalue weighted by atomic mass is 9.92. The highest BCUT2D eigenvalue weighted by Crippen LogP contribution is 2.33. The number of amides is 2. The minimum atomic E-state index is -0.345. The largest absolute Gasteiger partial charge is 0.342 e. The van der Waals surface area contributed by atoms with Crippen molar-refractivity contribution in [3.8, 4) is 0 Å². The second-order valence-electron chi connectivity index (χ2n) is 6.81. The fourth-order valence-corrected chi connectivity index (χ4v) is 3.61. The van der Waals surface area contributed by atoms with E-state index in [9.17, 15) is 9.59 Å². The van der Waals surface area contributed by atoms with Crippen LogP contribution in [0.1, 0.15) is 53.4 Å². The van der Waals surface area contributed by atoms with Crippen molar-refractivity contribution in [1.82, 2.24) is 10.2 Å². The van der Waals surface area contributed by atoms with Gasteiger partial charge in [-0.25, -0.2) is 0 Å². The lowest BCUT2D eigenvalue weighted by Crippen LogP contribution is -2.65. The van der Waals surface area contributed by atoms with Crippen molar-refractivity contribution in [2.75, 3.05) is 6.54 Å². The van der Waals surface area contributed by atoms with Crippen LogP contribution in [-0.2, 0) is 9.59 Å². The fraction of sp³-hybridized carbons (Fsp3) is 0.875. The molecule has 2 amide bonds. The number of nitrogens with zero attached hydrogens (tertiary/aromatic N) is 1. The summed E-state index contributed by atoms with van der Waals surface area (Å²) in [7, 11) is 0. The summed E-state index contributed by atoms with van der Waals surface area (Å²) in [5, 5.41) is 2.90. The van der Waals surface area contributed by atoms with Crippen molar-refractivity contribution in [2.45, 2.75) is 65.5 Å². The summed E-state index contributed by atoms with van der Waals surface area (Å²) in [6, 6.07) is -0.618. The van der Waals surface area contributed by atoms with Crippen molar-refractivity contribution < 1.29 is 9.59 Å². The van der Waals surface area contributed by atoms with E-state index < -0.39 is 0 Å². The van der Waals surface area contributed by atoms with Crippen LogP contribution in [0.4, 0.5) is 0 Å². The van der Waals surface area contributed by atoms with Crippen LogP contribution < -0.4 is 5.32 Å². The number of piperazine rings is 1. The lowest BCUT2D eigenvalue weighted by molar-refractivity contribution is -0.151. The highest BCUT2D eigenvalue weighted by atomic mass is 16.2. The zero-order chi connectivity index (χ0) is 14.9. The molecule has 1 aliphatic carbocycles. The maximum absolute atomic E-state index is 12.7. The summed E-state index contributed by atoms with van der Waals surface area (Å²) >= 11 is 0. The molecule has 0 aromatic rings. The molecule has 0 aromatic carbocycles. The fourth-order valence-electron chi connectivity index (χ4n) is 3.61. The Morgan fingerprint density at radius 2 is 2.00 bits per heavy atom. The second-order valence-corrected chi connectivity index (χ2v) is 6.81. The zero-order valence-corrected chi connectivity index (χ0v) is 13.2. The molecule has 4 nitrogen and oxygen atoms in total. The molecule has 1 aliphatic heterocycles. The average Bonchev–Trinajstić information content (AvgIpc) is 2.79. The molecule has 20 heavy (non-hydrogen) atoms. The summed E-state index contributed by atoms with van der Waals surface area (Å²) in [6.45, 7) is 9.00. The first-order chi connectivity index (χ1) is 9.45. The van der Waals surface area contributed by atoms with Gasteiger partial charge in [0.1, 0.15) is 12.1 Å². The maximum Gasteiger partial charge on any atom is 0.246 e. The molecule has 2 aliphatic rings. The maximum atomic E-state index is 12.7. The Kier molecular flexibility index (Phi) is 4.71. The summed E-state index contributed by atoms with van der Waals surface area (Å²) < 4.78 is 0. The molecule has 4 unspecified atom stereocenters. The number of rotatable bonds is 4. The molecule has 114 valence electrons. The van der Waals surface area contributed by atoms with Gasteiger partial charge in [-0.1, -0.05) is 40.5 Å². The topological polar surface area (TPSA) is 49.4 Å². The van der Waals surface area contributed by atoms with E-state index in [1.165, 1.54) is 19.3 Å². The Labute approximate surface area is 122 Å². The molecular weight excluding hydrogens is 252 g/mol. The molecule has 2 fully saturated rings. The van der Waals surface area contributed by atoms with E-state index in [1.807, 2.05) is 25.7 Å². The van der Waals surface area contributed by atoms with Gasteiger partial charge in [-0.15, -0.1) is 0 Å². The van der Waals surface area contributed by atoms with Gasteiger partial charge in [0, 0.05) is 6.54 Å². The van der Waals surface area contributed by atoms with Crippen molar-refractivity contribution in [2.24, 2.45) is 17.8 Å². The first-order valence-electron chi connectivity index (χ1n) is 8.06. The van der Waals surface area contributed by atoms with E-state index >= 15 is 0 Å². The van der Waals surface area contributed by atoms with Crippen LogP contribution in [0.25, 0.3) is 0 Å². The Bertz CT molecular complexity index is 381. The van der Waals surface area contributed by atoms with Gasteiger partial charge in [0.2, 0.25) is 11.8 Å². The van der Waals surface area contributed by atoms with Gasteiger partial charge < -0.3 is 10.2 Å². The molecule has 4 atom stereocenters. The second kappa shape index (κ2) is 6.15. The highest BCUT2D eigenvalue weighted by Gasteiger charge is 2.42. The van der Waals surface area contributed by atoms with Gasteiger partial charge in [-0.05, 0) is 30.6 Å². The van der Waals surface area contributed by atoms with E-state index in [-0.39, 0.29) is 29.8 Å². The van der Waals surface area contributed by atoms with Crippen molar-refractivity contribution in [3.05, 3.63) is 0 Å². The van der Waals surface area contributed by atoms with Gasteiger partial charge in [-0.2, -0.15) is 0 Å². The molecule has 1 N–H and O–H groups in total. The standard InChI is InChI=1S/C16H28N2O2/c1-5-13-15(19)17-14(10(2)3)16(20)18(13)9-12-8-6-7-11(12)4/h10-14H,5-9H2,1-4H3,(H,17,19). The van der Waals surface area contributed by atoms with E-state index in [1.54, 1.807) is 0 Å². The molecule has 0 bridgehead atoms. The summed E-state index contributed by atoms with van der Waals surface area (Å²) in [5.41, 5.74) is 0. The summed E-state index contributed by atoms with van der Waals surface area (Å²) in [5.74, 6) is 1.52. The van der Waals surface area contributed by atoms with Crippen LogP contribution in [0.2, 0.25) is 0 Å². The number of carbonyl (C=O) groups is 2. The monoisotopic (exact) mass is 280 g/mol. The van der Waals surface area contributed by atoms with E-state index in [0.29, 0.717) is 18.3 Å². The average molecular weight is 280 g/mol. The molecule has 0 aromatic heterocycles. The van der Waals surface area contributed by atoms with Gasteiger partial charge in [-0.3, -0.25) is 9.59 Å². The van der Waals surface area contributed by atoms with Gasteiger partial charge >= 0.3 is 0 Å². The van der Waals surface area contributed by atoms with Crippen LogP contribution in [0.3, 0.4) is 0 Å². The van der Waals surface area contributed by atoms with Gasteiger partial charge in [0.05, 0.1) is 0 Å². The van der Waals surface area contributed by atoms with Gasteiger partial charge in [0.15, 0.2) is 0 Å². The predicted molar refractivity (Wildman–Crippen MR) is 79.1 cm³/mol. The molecular formula is C16H28N2O2. The molecule has 1 heterocycles. The number of nitrogens with one attached hydrogen (secondary N) is 1. The van der Waals surface area contributed by atoms with Crippen molar-refractivity contribution in [1.29, 1.82) is 0 Å². The Morgan fingerprint density at radius 3 is 2.50 bits per heavy atom. The van der Waals surface area contributed by atoms with E-state index in [4.69, 9.17) is 0 Å². The Morgan fingerprint density at radius 1 is 1.30 bits per heavy atom.